The SMILES string of the molecule is Cn1ccc(C(=O)N2CCCOCC2)cc1=O. The summed E-state index contributed by atoms with van der Waals surface area (Å²) in [5.74, 6) is -0.0896. The molecule has 0 aromatic carbocycles. The lowest BCUT2D eigenvalue weighted by molar-refractivity contribution is 0.0741. The number of carbonyl (C=O) groups is 1. The van der Waals surface area contributed by atoms with Gasteiger partial charge in [0.15, 0.2) is 0 Å². The van der Waals surface area contributed by atoms with Crippen LogP contribution in [0.5, 0.6) is 0 Å². The Morgan fingerprint density at radius 3 is 2.94 bits per heavy atom. The molecule has 0 bridgehead atoms. The number of rotatable bonds is 1. The maximum absolute atomic E-state index is 12.1. The highest BCUT2D eigenvalue weighted by atomic mass is 16.5. The summed E-state index contributed by atoms with van der Waals surface area (Å²) in [6.45, 7) is 2.54. The molecule has 0 atom stereocenters. The fourth-order valence-electron chi connectivity index (χ4n) is 1.81. The molecule has 2 rings (SSSR count). The number of nitrogens with zero attached hydrogens (tertiary/aromatic N) is 2. The molecule has 1 aliphatic heterocycles. The van der Waals surface area contributed by atoms with Gasteiger partial charge in [-0.25, -0.2) is 0 Å². The zero-order valence-corrected chi connectivity index (χ0v) is 9.89. The van der Waals surface area contributed by atoms with Crippen LogP contribution in [0.3, 0.4) is 0 Å². The third kappa shape index (κ3) is 2.74. The van der Waals surface area contributed by atoms with Gasteiger partial charge < -0.3 is 14.2 Å². The van der Waals surface area contributed by atoms with E-state index in [4.69, 9.17) is 4.74 Å². The predicted molar refractivity (Wildman–Crippen MR) is 63.0 cm³/mol. The zero-order valence-electron chi connectivity index (χ0n) is 9.89. The minimum Gasteiger partial charge on any atom is -0.380 e. The Hall–Kier alpha value is -1.62. The van der Waals surface area contributed by atoms with E-state index in [0.29, 0.717) is 31.9 Å². The van der Waals surface area contributed by atoms with E-state index in [1.165, 1.54) is 10.6 Å². The molecule has 1 fully saturated rings. The predicted octanol–water partition coefficient (Wildman–Crippen LogP) is 0.248. The average molecular weight is 236 g/mol. The quantitative estimate of drug-likeness (QED) is 0.702. The van der Waals surface area contributed by atoms with Crippen molar-refractivity contribution in [1.82, 2.24) is 9.47 Å². The van der Waals surface area contributed by atoms with Gasteiger partial charge in [-0.15, -0.1) is 0 Å². The molecule has 2 heterocycles. The molecule has 0 aliphatic carbocycles. The van der Waals surface area contributed by atoms with Gasteiger partial charge in [0.1, 0.15) is 0 Å². The summed E-state index contributed by atoms with van der Waals surface area (Å²) >= 11 is 0. The van der Waals surface area contributed by atoms with Crippen LogP contribution < -0.4 is 5.56 Å². The van der Waals surface area contributed by atoms with Gasteiger partial charge in [-0.2, -0.15) is 0 Å². The first kappa shape index (κ1) is 11.9. The van der Waals surface area contributed by atoms with Crippen LogP contribution in [-0.4, -0.2) is 41.7 Å². The smallest absolute Gasteiger partial charge is 0.254 e. The van der Waals surface area contributed by atoms with E-state index >= 15 is 0 Å². The molecule has 1 amide bonds. The summed E-state index contributed by atoms with van der Waals surface area (Å²) in [5.41, 5.74) is 0.289. The largest absolute Gasteiger partial charge is 0.380 e. The van der Waals surface area contributed by atoms with Gasteiger partial charge in [0.05, 0.1) is 6.61 Å². The Morgan fingerprint density at radius 2 is 2.18 bits per heavy atom. The summed E-state index contributed by atoms with van der Waals surface area (Å²) in [5, 5.41) is 0. The molecule has 1 saturated heterocycles. The minimum absolute atomic E-state index is 0.0896. The highest BCUT2D eigenvalue weighted by Crippen LogP contribution is 2.06. The van der Waals surface area contributed by atoms with Gasteiger partial charge in [0.2, 0.25) is 0 Å². The van der Waals surface area contributed by atoms with Crippen molar-refractivity contribution in [3.8, 4) is 0 Å². The van der Waals surface area contributed by atoms with E-state index in [-0.39, 0.29) is 11.5 Å². The van der Waals surface area contributed by atoms with Crippen LogP contribution in [0.4, 0.5) is 0 Å². The number of aromatic nitrogens is 1. The van der Waals surface area contributed by atoms with Crippen LogP contribution >= 0.6 is 0 Å². The highest BCUT2D eigenvalue weighted by Gasteiger charge is 2.17. The Labute approximate surface area is 99.6 Å². The van der Waals surface area contributed by atoms with Gasteiger partial charge in [-0.3, -0.25) is 9.59 Å². The first-order valence-corrected chi connectivity index (χ1v) is 5.72. The molecule has 1 aromatic rings. The molecule has 0 radical (unpaired) electrons. The van der Waals surface area contributed by atoms with Crippen molar-refractivity contribution < 1.29 is 9.53 Å². The minimum atomic E-state index is -0.165. The molecule has 1 aromatic heterocycles. The number of pyridine rings is 1. The number of amides is 1. The normalized spacial score (nSPS) is 16.6. The Morgan fingerprint density at radius 1 is 1.35 bits per heavy atom. The Balaban J connectivity index is 2.17. The highest BCUT2D eigenvalue weighted by molar-refractivity contribution is 5.94. The van der Waals surface area contributed by atoms with Crippen LogP contribution in [0.1, 0.15) is 16.8 Å². The van der Waals surface area contributed by atoms with Gasteiger partial charge >= 0.3 is 0 Å². The fourth-order valence-corrected chi connectivity index (χ4v) is 1.81. The second-order valence-corrected chi connectivity index (χ2v) is 4.12. The average Bonchev–Trinajstić information content (AvgIpc) is 2.60. The van der Waals surface area contributed by atoms with E-state index in [2.05, 4.69) is 0 Å². The van der Waals surface area contributed by atoms with Crippen LogP contribution in [0.2, 0.25) is 0 Å². The Bertz CT molecular complexity index is 459. The van der Waals surface area contributed by atoms with Crippen molar-refractivity contribution >= 4 is 5.91 Å². The molecule has 1 aliphatic rings. The van der Waals surface area contributed by atoms with E-state index in [9.17, 15) is 9.59 Å². The number of carbonyl (C=O) groups excluding carboxylic acids is 1. The fraction of sp³-hybridized carbons (Fsp3) is 0.500. The lowest BCUT2D eigenvalue weighted by Crippen LogP contribution is -2.34. The lowest BCUT2D eigenvalue weighted by atomic mass is 10.2. The summed E-state index contributed by atoms with van der Waals surface area (Å²) in [6, 6.07) is 3.06. The second kappa shape index (κ2) is 5.14. The van der Waals surface area contributed by atoms with E-state index in [1.54, 1.807) is 24.2 Å². The summed E-state index contributed by atoms with van der Waals surface area (Å²) in [6.07, 6.45) is 2.46. The molecular formula is C12H16N2O3. The van der Waals surface area contributed by atoms with E-state index in [1.807, 2.05) is 0 Å². The molecule has 5 heteroatoms. The van der Waals surface area contributed by atoms with E-state index < -0.39 is 0 Å². The molecule has 92 valence electrons. The zero-order chi connectivity index (χ0) is 12.3. The van der Waals surface area contributed by atoms with Crippen molar-refractivity contribution in [3.63, 3.8) is 0 Å². The van der Waals surface area contributed by atoms with Crippen molar-refractivity contribution in [2.45, 2.75) is 6.42 Å². The van der Waals surface area contributed by atoms with Crippen LogP contribution in [0.15, 0.2) is 23.1 Å². The van der Waals surface area contributed by atoms with E-state index in [0.717, 1.165) is 6.42 Å². The maximum atomic E-state index is 12.1. The standard InChI is InChI=1S/C12H16N2O3/c1-13-5-3-10(9-11(13)15)12(16)14-4-2-7-17-8-6-14/h3,5,9H,2,4,6-8H2,1H3. The van der Waals surface area contributed by atoms with Gasteiger partial charge in [0.25, 0.3) is 11.5 Å². The number of hydrogen-bond donors (Lipinski definition) is 0. The molecule has 0 saturated carbocycles. The molecular weight excluding hydrogens is 220 g/mol. The van der Waals surface area contributed by atoms with Gasteiger partial charge in [0, 0.05) is 44.6 Å². The van der Waals surface area contributed by atoms with Crippen LogP contribution in [-0.2, 0) is 11.8 Å². The second-order valence-electron chi connectivity index (χ2n) is 4.12. The van der Waals surface area contributed by atoms with Gasteiger partial charge in [-0.05, 0) is 12.5 Å². The van der Waals surface area contributed by atoms with Crippen molar-refractivity contribution in [2.24, 2.45) is 7.05 Å². The number of hydrogen-bond acceptors (Lipinski definition) is 3. The Kier molecular flexibility index (Phi) is 3.58. The summed E-state index contributed by atoms with van der Waals surface area (Å²) in [4.78, 5) is 25.3. The molecule has 5 nitrogen and oxygen atoms in total. The molecule has 17 heavy (non-hydrogen) atoms. The van der Waals surface area contributed by atoms with Gasteiger partial charge in [-0.1, -0.05) is 0 Å². The first-order valence-electron chi connectivity index (χ1n) is 5.72. The summed E-state index contributed by atoms with van der Waals surface area (Å²) in [7, 11) is 1.66. The topological polar surface area (TPSA) is 51.5 Å². The van der Waals surface area contributed by atoms with Crippen molar-refractivity contribution in [2.75, 3.05) is 26.3 Å². The third-order valence-electron chi connectivity index (χ3n) is 2.86. The monoisotopic (exact) mass is 236 g/mol. The van der Waals surface area contributed by atoms with Crippen molar-refractivity contribution in [1.29, 1.82) is 0 Å². The molecule has 0 N–H and O–H groups in total. The van der Waals surface area contributed by atoms with Crippen LogP contribution in [0.25, 0.3) is 0 Å². The molecule has 0 unspecified atom stereocenters. The maximum Gasteiger partial charge on any atom is 0.254 e. The van der Waals surface area contributed by atoms with Crippen molar-refractivity contribution in [3.05, 3.63) is 34.2 Å². The summed E-state index contributed by atoms with van der Waals surface area (Å²) < 4.78 is 6.74. The first-order chi connectivity index (χ1) is 8.18. The van der Waals surface area contributed by atoms with Crippen LogP contribution in [0, 0.1) is 0 Å². The lowest BCUT2D eigenvalue weighted by Gasteiger charge is -2.19. The molecule has 0 spiro atoms. The number of ether oxygens (including phenoxy) is 1. The third-order valence-corrected chi connectivity index (χ3v) is 2.86. The number of aryl methyl sites for hydroxylation is 1.